The van der Waals surface area contributed by atoms with Crippen LogP contribution in [0, 0.1) is 0 Å². The first-order chi connectivity index (χ1) is 9.08. The van der Waals surface area contributed by atoms with E-state index < -0.39 is 0 Å². The Hall–Kier alpha value is -0.980. The molecule has 1 atom stereocenters. The maximum absolute atomic E-state index is 12.0. The van der Waals surface area contributed by atoms with Crippen molar-refractivity contribution in [1.29, 1.82) is 0 Å². The van der Waals surface area contributed by atoms with Gasteiger partial charge in [-0.1, -0.05) is 18.5 Å². The van der Waals surface area contributed by atoms with Gasteiger partial charge in [-0.05, 0) is 37.0 Å². The third-order valence-electron chi connectivity index (χ3n) is 2.49. The molecule has 0 aromatic carbocycles. The van der Waals surface area contributed by atoms with Gasteiger partial charge in [-0.2, -0.15) is 11.8 Å². The minimum Gasteiger partial charge on any atom is -0.348 e. The quantitative estimate of drug-likeness (QED) is 0.409. The number of nitrogens with zero attached hydrogens (tertiary/aromatic N) is 1. The van der Waals surface area contributed by atoms with E-state index in [9.17, 15) is 4.79 Å². The Kier molecular flexibility index (Phi) is 6.97. The van der Waals surface area contributed by atoms with Crippen LogP contribution < -0.4 is 16.6 Å². The number of carbonyl (C=O) groups excluding carboxylic acids is 1. The molecule has 1 amide bonds. The normalized spacial score (nSPS) is 12.0. The molecule has 1 aromatic heterocycles. The molecule has 0 saturated heterocycles. The molecule has 4 N–H and O–H groups in total. The summed E-state index contributed by atoms with van der Waals surface area (Å²) in [5.74, 6) is 7.48. The van der Waals surface area contributed by atoms with Crippen LogP contribution in [0.1, 0.15) is 30.8 Å². The predicted octanol–water partition coefficient (Wildman–Crippen LogP) is 2.28. The number of nitrogens with one attached hydrogen (secondary N) is 2. The molecule has 1 unspecified atom stereocenters. The van der Waals surface area contributed by atoms with E-state index >= 15 is 0 Å². The van der Waals surface area contributed by atoms with Crippen molar-refractivity contribution < 1.29 is 4.79 Å². The molecule has 5 nitrogen and oxygen atoms in total. The lowest BCUT2D eigenvalue weighted by atomic mass is 10.2. The lowest BCUT2D eigenvalue weighted by molar-refractivity contribution is 0.0935. The van der Waals surface area contributed by atoms with E-state index in [1.165, 1.54) is 0 Å². The number of anilines is 1. The van der Waals surface area contributed by atoms with E-state index in [-0.39, 0.29) is 17.6 Å². The fourth-order valence-electron chi connectivity index (χ4n) is 1.45. The molecule has 0 aliphatic heterocycles. The average Bonchev–Trinajstić information content (AvgIpc) is 2.39. The van der Waals surface area contributed by atoms with Crippen LogP contribution in [0.5, 0.6) is 0 Å². The van der Waals surface area contributed by atoms with Gasteiger partial charge < -0.3 is 10.7 Å². The molecule has 106 valence electrons. The van der Waals surface area contributed by atoms with Crippen molar-refractivity contribution in [2.75, 3.05) is 16.9 Å². The molecule has 1 aromatic rings. The molecule has 0 bridgehead atoms. The Labute approximate surface area is 122 Å². The second kappa shape index (κ2) is 8.24. The number of hydrogen-bond acceptors (Lipinski definition) is 5. The number of pyridine rings is 1. The highest BCUT2D eigenvalue weighted by Crippen LogP contribution is 2.16. The molecule has 0 saturated carbocycles. The zero-order chi connectivity index (χ0) is 14.3. The Bertz CT molecular complexity index is 430. The molecule has 0 fully saturated rings. The first-order valence-corrected chi connectivity index (χ1v) is 7.63. The van der Waals surface area contributed by atoms with E-state index in [2.05, 4.69) is 22.7 Å². The largest absolute Gasteiger partial charge is 0.348 e. The van der Waals surface area contributed by atoms with Gasteiger partial charge >= 0.3 is 0 Å². The van der Waals surface area contributed by atoms with Crippen LogP contribution in [0.3, 0.4) is 0 Å². The van der Waals surface area contributed by atoms with Gasteiger partial charge in [0.25, 0.3) is 5.91 Å². The number of hydrazine groups is 1. The van der Waals surface area contributed by atoms with Gasteiger partial charge in [-0.25, -0.2) is 10.8 Å². The number of amides is 1. The van der Waals surface area contributed by atoms with Crippen molar-refractivity contribution in [3.8, 4) is 0 Å². The Balaban J connectivity index is 2.62. The van der Waals surface area contributed by atoms with Gasteiger partial charge in [0.05, 0.1) is 5.02 Å². The van der Waals surface area contributed by atoms with Crippen LogP contribution in [0.25, 0.3) is 0 Å². The van der Waals surface area contributed by atoms with E-state index in [0.717, 1.165) is 17.9 Å². The van der Waals surface area contributed by atoms with Gasteiger partial charge in [-0.3, -0.25) is 4.79 Å². The fourth-order valence-corrected chi connectivity index (χ4v) is 2.45. The summed E-state index contributed by atoms with van der Waals surface area (Å²) in [6, 6.07) is 3.29. The zero-order valence-corrected chi connectivity index (χ0v) is 12.6. The number of nitrogens with two attached hydrogens (primary N) is 1. The molecule has 1 rings (SSSR count). The summed E-state index contributed by atoms with van der Waals surface area (Å²) < 4.78 is 0. The maximum Gasteiger partial charge on any atom is 0.271 e. The van der Waals surface area contributed by atoms with Crippen molar-refractivity contribution in [2.24, 2.45) is 5.84 Å². The molecular formula is C12H19ClN4OS. The van der Waals surface area contributed by atoms with E-state index in [4.69, 9.17) is 17.4 Å². The smallest absolute Gasteiger partial charge is 0.271 e. The van der Waals surface area contributed by atoms with Crippen LogP contribution in [0.15, 0.2) is 12.1 Å². The van der Waals surface area contributed by atoms with Crippen molar-refractivity contribution >= 4 is 35.1 Å². The number of thioether (sulfide) groups is 1. The summed E-state index contributed by atoms with van der Waals surface area (Å²) >= 11 is 7.81. The number of aromatic nitrogens is 1. The number of nitrogen functional groups attached to an aromatic ring is 1. The minimum absolute atomic E-state index is 0.0823. The van der Waals surface area contributed by atoms with Crippen LogP contribution in [0.4, 0.5) is 5.82 Å². The van der Waals surface area contributed by atoms with E-state index in [0.29, 0.717) is 10.8 Å². The minimum atomic E-state index is -0.281. The molecule has 1 heterocycles. The molecule has 0 radical (unpaired) electrons. The van der Waals surface area contributed by atoms with Crippen LogP contribution in [0.2, 0.25) is 5.02 Å². The summed E-state index contributed by atoms with van der Waals surface area (Å²) in [4.78, 5) is 16.1. The first kappa shape index (κ1) is 16.1. The summed E-state index contributed by atoms with van der Waals surface area (Å²) in [5.41, 5.74) is 2.58. The molecule has 0 aliphatic rings. The number of halogens is 1. The van der Waals surface area contributed by atoms with Gasteiger partial charge in [0.1, 0.15) is 11.5 Å². The highest BCUT2D eigenvalue weighted by molar-refractivity contribution is 7.99. The monoisotopic (exact) mass is 302 g/mol. The molecule has 7 heteroatoms. The molecule has 19 heavy (non-hydrogen) atoms. The lowest BCUT2D eigenvalue weighted by Gasteiger charge is -2.14. The van der Waals surface area contributed by atoms with Crippen molar-refractivity contribution in [3.63, 3.8) is 0 Å². The Morgan fingerprint density at radius 3 is 2.95 bits per heavy atom. The van der Waals surface area contributed by atoms with Gasteiger partial charge in [0.15, 0.2) is 0 Å². The second-order valence-electron chi connectivity index (χ2n) is 4.03. The Morgan fingerprint density at radius 2 is 2.32 bits per heavy atom. The second-order valence-corrected chi connectivity index (χ2v) is 5.83. The van der Waals surface area contributed by atoms with E-state index in [1.807, 2.05) is 18.7 Å². The lowest BCUT2D eigenvalue weighted by Crippen LogP contribution is -2.33. The number of rotatable bonds is 7. The van der Waals surface area contributed by atoms with Crippen LogP contribution in [-0.4, -0.2) is 28.4 Å². The maximum atomic E-state index is 12.0. The highest BCUT2D eigenvalue weighted by Gasteiger charge is 2.15. The number of carbonyl (C=O) groups is 1. The topological polar surface area (TPSA) is 80.0 Å². The first-order valence-electron chi connectivity index (χ1n) is 6.10. The van der Waals surface area contributed by atoms with E-state index in [1.54, 1.807) is 12.1 Å². The Morgan fingerprint density at radius 1 is 1.58 bits per heavy atom. The third-order valence-corrected chi connectivity index (χ3v) is 3.72. The van der Waals surface area contributed by atoms with Gasteiger partial charge in [0.2, 0.25) is 0 Å². The SMILES string of the molecule is CCSCCC(C)NC(=O)c1nc(NN)ccc1Cl. The summed E-state index contributed by atoms with van der Waals surface area (Å²) in [6.07, 6.45) is 0.913. The van der Waals surface area contributed by atoms with Crippen LogP contribution in [-0.2, 0) is 0 Å². The number of hydrogen-bond donors (Lipinski definition) is 3. The average molecular weight is 303 g/mol. The zero-order valence-electron chi connectivity index (χ0n) is 11.1. The molecule has 0 spiro atoms. The summed E-state index contributed by atoms with van der Waals surface area (Å²) in [5, 5.41) is 3.19. The summed E-state index contributed by atoms with van der Waals surface area (Å²) in [6.45, 7) is 4.08. The van der Waals surface area contributed by atoms with Crippen molar-refractivity contribution in [3.05, 3.63) is 22.8 Å². The fraction of sp³-hybridized carbons (Fsp3) is 0.500. The van der Waals surface area contributed by atoms with Gasteiger partial charge in [-0.15, -0.1) is 0 Å². The standard InChI is InChI=1S/C12H19ClN4OS/c1-3-19-7-6-8(2)15-12(18)11-9(13)4-5-10(16-11)17-14/h4-5,8H,3,6-7,14H2,1-2H3,(H,15,18)(H,16,17). The van der Waals surface area contributed by atoms with Crippen molar-refractivity contribution in [1.82, 2.24) is 10.3 Å². The van der Waals surface area contributed by atoms with Gasteiger partial charge in [0, 0.05) is 6.04 Å². The predicted molar refractivity (Wildman–Crippen MR) is 81.6 cm³/mol. The third kappa shape index (κ3) is 5.26. The van der Waals surface area contributed by atoms with Crippen molar-refractivity contribution in [2.45, 2.75) is 26.3 Å². The highest BCUT2D eigenvalue weighted by atomic mass is 35.5. The van der Waals surface area contributed by atoms with Crippen LogP contribution >= 0.6 is 23.4 Å². The molecular weight excluding hydrogens is 284 g/mol. The molecule has 0 aliphatic carbocycles. The summed E-state index contributed by atoms with van der Waals surface area (Å²) in [7, 11) is 0.